The summed E-state index contributed by atoms with van der Waals surface area (Å²) >= 11 is 5.93. The Balaban J connectivity index is 1.56. The number of nitrogens with one attached hydrogen (secondary N) is 1. The number of hydrogen-bond acceptors (Lipinski definition) is 7. The van der Waals surface area contributed by atoms with E-state index < -0.39 is 22.9 Å². The molecule has 2 aromatic rings. The third-order valence-electron chi connectivity index (χ3n) is 3.89. The van der Waals surface area contributed by atoms with Crippen molar-refractivity contribution in [3.05, 3.63) is 63.2 Å². The molecule has 1 unspecified atom stereocenters. The summed E-state index contributed by atoms with van der Waals surface area (Å²) in [6, 6.07) is 8.78. The van der Waals surface area contributed by atoms with Gasteiger partial charge in [0.25, 0.3) is 11.6 Å². The molecule has 0 radical (unpaired) electrons. The summed E-state index contributed by atoms with van der Waals surface area (Å²) in [6.45, 7) is 1.54. The SMILES string of the molecule is CC(OC(=O)/C=C/c1ccc2c(c1)OCO2)C(=O)Nc1ccc([N+](=O)[O-])cc1Cl. The molecule has 0 saturated heterocycles. The molecule has 0 aromatic heterocycles. The number of non-ortho nitro benzene ring substituents is 1. The van der Waals surface area contributed by atoms with Crippen molar-refractivity contribution >= 4 is 40.9 Å². The Morgan fingerprint density at radius 1 is 1.24 bits per heavy atom. The largest absolute Gasteiger partial charge is 0.454 e. The van der Waals surface area contributed by atoms with E-state index in [1.165, 1.54) is 31.2 Å². The number of hydrogen-bond donors (Lipinski definition) is 1. The number of rotatable bonds is 6. The minimum atomic E-state index is -1.12. The van der Waals surface area contributed by atoms with Gasteiger partial charge in [0.1, 0.15) is 0 Å². The number of benzene rings is 2. The lowest BCUT2D eigenvalue weighted by molar-refractivity contribution is -0.384. The van der Waals surface area contributed by atoms with Gasteiger partial charge in [-0.15, -0.1) is 0 Å². The predicted octanol–water partition coefficient (Wildman–Crippen LogP) is 3.56. The molecule has 0 aliphatic carbocycles. The Labute approximate surface area is 170 Å². The molecular weight excluding hydrogens is 404 g/mol. The van der Waals surface area contributed by atoms with Gasteiger partial charge < -0.3 is 19.5 Å². The number of halogens is 1. The fraction of sp³-hybridized carbons (Fsp3) is 0.158. The summed E-state index contributed by atoms with van der Waals surface area (Å²) in [7, 11) is 0. The van der Waals surface area contributed by atoms with Crippen molar-refractivity contribution in [2.24, 2.45) is 0 Å². The zero-order valence-electron chi connectivity index (χ0n) is 15.1. The first-order chi connectivity index (χ1) is 13.8. The highest BCUT2D eigenvalue weighted by Gasteiger charge is 2.19. The van der Waals surface area contributed by atoms with Crippen molar-refractivity contribution < 1.29 is 28.7 Å². The summed E-state index contributed by atoms with van der Waals surface area (Å²) < 4.78 is 15.5. The van der Waals surface area contributed by atoms with Crippen LogP contribution in [0.25, 0.3) is 6.08 Å². The molecule has 9 nitrogen and oxygen atoms in total. The molecule has 1 aliphatic rings. The smallest absolute Gasteiger partial charge is 0.331 e. The number of fused-ring (bicyclic) bond motifs is 1. The number of amides is 1. The van der Waals surface area contributed by atoms with Gasteiger partial charge in [0.15, 0.2) is 17.6 Å². The van der Waals surface area contributed by atoms with Crippen LogP contribution in [0.1, 0.15) is 12.5 Å². The lowest BCUT2D eigenvalue weighted by Gasteiger charge is -2.13. The normalized spacial score (nSPS) is 13.2. The van der Waals surface area contributed by atoms with Crippen LogP contribution in [0.3, 0.4) is 0 Å². The fourth-order valence-electron chi connectivity index (χ4n) is 2.40. The average Bonchev–Trinajstić information content (AvgIpc) is 3.15. The maximum Gasteiger partial charge on any atom is 0.331 e. The second-order valence-electron chi connectivity index (χ2n) is 5.94. The maximum atomic E-state index is 12.2. The molecule has 29 heavy (non-hydrogen) atoms. The summed E-state index contributed by atoms with van der Waals surface area (Å²) in [4.78, 5) is 34.3. The molecule has 0 saturated carbocycles. The van der Waals surface area contributed by atoms with E-state index in [4.69, 9.17) is 25.8 Å². The van der Waals surface area contributed by atoms with Crippen LogP contribution in [0.5, 0.6) is 11.5 Å². The standard InChI is InChI=1S/C19H15ClN2O7/c1-11(19(24)21-15-5-4-13(22(25)26)9-14(15)20)29-18(23)7-3-12-2-6-16-17(8-12)28-10-27-16/h2-9,11H,10H2,1H3,(H,21,24)/b7-3+. The first-order valence-corrected chi connectivity index (χ1v) is 8.74. The molecule has 3 rings (SSSR count). The molecule has 1 N–H and O–H groups in total. The van der Waals surface area contributed by atoms with Gasteiger partial charge >= 0.3 is 5.97 Å². The van der Waals surface area contributed by atoms with E-state index in [1.807, 2.05) is 0 Å². The summed E-state index contributed by atoms with van der Waals surface area (Å²) in [5, 5.41) is 13.2. The molecule has 0 bridgehead atoms. The van der Waals surface area contributed by atoms with Crippen LogP contribution in [0.15, 0.2) is 42.5 Å². The number of carbonyl (C=O) groups is 2. The summed E-state index contributed by atoms with van der Waals surface area (Å²) in [5.74, 6) is -0.154. The Morgan fingerprint density at radius 3 is 2.72 bits per heavy atom. The van der Waals surface area contributed by atoms with E-state index in [-0.39, 0.29) is 23.2 Å². The van der Waals surface area contributed by atoms with Crippen LogP contribution in [0.2, 0.25) is 5.02 Å². The van der Waals surface area contributed by atoms with Gasteiger partial charge in [0.2, 0.25) is 6.79 Å². The van der Waals surface area contributed by atoms with Gasteiger partial charge in [-0.25, -0.2) is 4.79 Å². The van der Waals surface area contributed by atoms with E-state index in [9.17, 15) is 19.7 Å². The predicted molar refractivity (Wildman–Crippen MR) is 104 cm³/mol. The minimum Gasteiger partial charge on any atom is -0.454 e. The minimum absolute atomic E-state index is 0.00576. The van der Waals surface area contributed by atoms with E-state index >= 15 is 0 Å². The van der Waals surface area contributed by atoms with Crippen molar-refractivity contribution in [3.8, 4) is 11.5 Å². The molecular formula is C19H15ClN2O7. The van der Waals surface area contributed by atoms with Gasteiger partial charge in [0, 0.05) is 18.2 Å². The van der Waals surface area contributed by atoms with Crippen molar-refractivity contribution in [2.75, 3.05) is 12.1 Å². The maximum absolute atomic E-state index is 12.2. The number of ether oxygens (including phenoxy) is 3. The Bertz CT molecular complexity index is 1010. The van der Waals surface area contributed by atoms with Crippen LogP contribution < -0.4 is 14.8 Å². The average molecular weight is 419 g/mol. The van der Waals surface area contributed by atoms with Gasteiger partial charge in [-0.3, -0.25) is 14.9 Å². The molecule has 2 aromatic carbocycles. The topological polar surface area (TPSA) is 117 Å². The first-order valence-electron chi connectivity index (χ1n) is 8.36. The van der Waals surface area contributed by atoms with Crippen molar-refractivity contribution in [2.45, 2.75) is 13.0 Å². The quantitative estimate of drug-likeness (QED) is 0.330. The number of nitro benzene ring substituents is 1. The Morgan fingerprint density at radius 2 is 2.00 bits per heavy atom. The highest BCUT2D eigenvalue weighted by Crippen LogP contribution is 2.32. The Kier molecular flexibility index (Phi) is 5.99. The molecule has 1 atom stereocenters. The van der Waals surface area contributed by atoms with E-state index in [2.05, 4.69) is 5.32 Å². The van der Waals surface area contributed by atoms with Crippen LogP contribution in [-0.2, 0) is 14.3 Å². The van der Waals surface area contributed by atoms with Crippen LogP contribution >= 0.6 is 11.6 Å². The lowest BCUT2D eigenvalue weighted by Crippen LogP contribution is -2.29. The third kappa shape index (κ3) is 5.02. The molecule has 1 aliphatic heterocycles. The highest BCUT2D eigenvalue weighted by atomic mass is 35.5. The summed E-state index contributed by atoms with van der Waals surface area (Å²) in [6.07, 6.45) is 1.58. The lowest BCUT2D eigenvalue weighted by atomic mass is 10.2. The molecule has 150 valence electrons. The second kappa shape index (κ2) is 8.61. The molecule has 1 heterocycles. The number of anilines is 1. The zero-order valence-corrected chi connectivity index (χ0v) is 15.8. The van der Waals surface area contributed by atoms with Gasteiger partial charge in [0.05, 0.1) is 15.6 Å². The number of nitro groups is 1. The monoisotopic (exact) mass is 418 g/mol. The molecule has 10 heteroatoms. The fourth-order valence-corrected chi connectivity index (χ4v) is 2.62. The number of esters is 1. The molecule has 1 amide bonds. The van der Waals surface area contributed by atoms with E-state index in [0.29, 0.717) is 17.1 Å². The van der Waals surface area contributed by atoms with Gasteiger partial charge in [-0.2, -0.15) is 0 Å². The van der Waals surface area contributed by atoms with Crippen molar-refractivity contribution in [1.82, 2.24) is 0 Å². The van der Waals surface area contributed by atoms with Crippen molar-refractivity contribution in [3.63, 3.8) is 0 Å². The Hall–Kier alpha value is -3.59. The summed E-state index contributed by atoms with van der Waals surface area (Å²) in [5.41, 5.74) is 0.656. The zero-order chi connectivity index (χ0) is 21.0. The van der Waals surface area contributed by atoms with Gasteiger partial charge in [-0.1, -0.05) is 17.7 Å². The highest BCUT2D eigenvalue weighted by molar-refractivity contribution is 6.34. The number of nitrogens with zero attached hydrogens (tertiary/aromatic N) is 1. The second-order valence-corrected chi connectivity index (χ2v) is 6.34. The van der Waals surface area contributed by atoms with Gasteiger partial charge in [-0.05, 0) is 36.8 Å². The molecule has 0 spiro atoms. The van der Waals surface area contributed by atoms with Crippen LogP contribution in [-0.4, -0.2) is 29.7 Å². The van der Waals surface area contributed by atoms with Crippen LogP contribution in [0, 0.1) is 10.1 Å². The third-order valence-corrected chi connectivity index (χ3v) is 4.20. The number of carbonyl (C=O) groups excluding carboxylic acids is 2. The van der Waals surface area contributed by atoms with Crippen molar-refractivity contribution in [1.29, 1.82) is 0 Å². The first kappa shape index (κ1) is 20.2. The van der Waals surface area contributed by atoms with E-state index in [0.717, 1.165) is 6.07 Å². The van der Waals surface area contributed by atoms with E-state index in [1.54, 1.807) is 18.2 Å². The van der Waals surface area contributed by atoms with Crippen LogP contribution in [0.4, 0.5) is 11.4 Å². The molecule has 0 fully saturated rings.